The van der Waals surface area contributed by atoms with Gasteiger partial charge in [-0.05, 0) is 66.2 Å². The summed E-state index contributed by atoms with van der Waals surface area (Å²) in [7, 11) is 1.58. The zero-order valence-electron chi connectivity index (χ0n) is 18.9. The maximum Gasteiger partial charge on any atom is 0.245 e. The summed E-state index contributed by atoms with van der Waals surface area (Å²) in [5.74, 6) is 0.493. The lowest BCUT2D eigenvalue weighted by Crippen LogP contribution is -2.30. The lowest BCUT2D eigenvalue weighted by Gasteiger charge is -2.16. The number of methoxy groups -OCH3 is 1. The molecule has 4 rings (SSSR count). The predicted octanol–water partition coefficient (Wildman–Crippen LogP) is 5.08. The molecule has 180 valence electrons. The largest absolute Gasteiger partial charge is 0.497 e. The maximum atomic E-state index is 12.5. The summed E-state index contributed by atoms with van der Waals surface area (Å²) in [6.07, 6.45) is 1.67. The van der Waals surface area contributed by atoms with Gasteiger partial charge < -0.3 is 14.4 Å². The van der Waals surface area contributed by atoms with Gasteiger partial charge in [0, 0.05) is 34.3 Å². The number of hydrogen-bond donors (Lipinski definition) is 1. The van der Waals surface area contributed by atoms with Crippen molar-refractivity contribution in [2.45, 2.75) is 13.0 Å². The van der Waals surface area contributed by atoms with Crippen LogP contribution in [0.15, 0.2) is 71.8 Å². The van der Waals surface area contributed by atoms with E-state index in [0.29, 0.717) is 34.7 Å². The average Bonchev–Trinajstić information content (AvgIpc) is 3.26. The highest BCUT2D eigenvalue weighted by atomic mass is 35.5. The summed E-state index contributed by atoms with van der Waals surface area (Å²) >= 11 is 12.1. The minimum Gasteiger partial charge on any atom is -0.497 e. The molecule has 3 aromatic rings. The van der Waals surface area contributed by atoms with Gasteiger partial charge in [-0.2, -0.15) is 5.10 Å². The van der Waals surface area contributed by atoms with Gasteiger partial charge in [0.15, 0.2) is 0 Å². The van der Waals surface area contributed by atoms with Crippen molar-refractivity contribution in [3.8, 4) is 11.5 Å². The summed E-state index contributed by atoms with van der Waals surface area (Å²) in [5.41, 5.74) is 4.88. The molecule has 1 fully saturated rings. The monoisotopic (exact) mass is 511 g/mol. The molecule has 0 unspecified atom stereocenters. The first-order valence-corrected chi connectivity index (χ1v) is 11.6. The summed E-state index contributed by atoms with van der Waals surface area (Å²) in [6, 6.07) is 19.7. The summed E-state index contributed by atoms with van der Waals surface area (Å²) in [6.45, 7) is 0.614. The molecular weight excluding hydrogens is 489 g/mol. The molecule has 0 spiro atoms. The fourth-order valence-corrected chi connectivity index (χ4v) is 4.07. The van der Waals surface area contributed by atoms with Crippen LogP contribution in [0.2, 0.25) is 10.0 Å². The highest BCUT2D eigenvalue weighted by molar-refractivity contribution is 6.35. The number of amides is 2. The fraction of sp³-hybridized carbons (Fsp3) is 0.192. The van der Waals surface area contributed by atoms with E-state index in [4.69, 9.17) is 32.7 Å². The highest BCUT2D eigenvalue weighted by Gasteiger charge is 2.35. The second kappa shape index (κ2) is 11.3. The van der Waals surface area contributed by atoms with Crippen LogP contribution in [-0.2, 0) is 16.2 Å². The van der Waals surface area contributed by atoms with E-state index in [0.717, 1.165) is 16.8 Å². The lowest BCUT2D eigenvalue weighted by atomic mass is 10.1. The Balaban J connectivity index is 1.27. The Morgan fingerprint density at radius 3 is 2.49 bits per heavy atom. The third-order valence-electron chi connectivity index (χ3n) is 5.56. The van der Waals surface area contributed by atoms with Crippen LogP contribution in [0.4, 0.5) is 5.69 Å². The number of nitrogens with one attached hydrogen (secondary N) is 1. The first kappa shape index (κ1) is 24.6. The van der Waals surface area contributed by atoms with Crippen LogP contribution < -0.4 is 19.8 Å². The van der Waals surface area contributed by atoms with Crippen LogP contribution in [-0.4, -0.2) is 31.7 Å². The number of benzene rings is 3. The Bertz CT molecular complexity index is 1230. The SMILES string of the molecule is COc1ccc(N2C[C@H](C(=O)N/N=C/c3ccc(OCc4ccc(Cl)cc4Cl)cc3)CC2=O)cc1. The molecule has 1 heterocycles. The van der Waals surface area contributed by atoms with Gasteiger partial charge in [0.1, 0.15) is 18.1 Å². The van der Waals surface area contributed by atoms with Crippen LogP contribution in [0.1, 0.15) is 17.5 Å². The summed E-state index contributed by atoms with van der Waals surface area (Å²) < 4.78 is 10.9. The molecule has 0 bridgehead atoms. The van der Waals surface area contributed by atoms with Gasteiger partial charge in [-0.15, -0.1) is 0 Å². The normalized spacial score (nSPS) is 15.5. The van der Waals surface area contributed by atoms with E-state index >= 15 is 0 Å². The molecule has 0 aliphatic carbocycles. The van der Waals surface area contributed by atoms with Gasteiger partial charge in [0.05, 0.1) is 19.2 Å². The van der Waals surface area contributed by atoms with Crippen molar-refractivity contribution in [1.82, 2.24) is 5.43 Å². The molecule has 9 heteroatoms. The molecule has 1 aliphatic rings. The van der Waals surface area contributed by atoms with Crippen LogP contribution >= 0.6 is 23.2 Å². The van der Waals surface area contributed by atoms with E-state index in [9.17, 15) is 9.59 Å². The summed E-state index contributed by atoms with van der Waals surface area (Å²) in [5, 5.41) is 5.15. The van der Waals surface area contributed by atoms with Gasteiger partial charge in [-0.1, -0.05) is 29.3 Å². The quantitative estimate of drug-likeness (QED) is 0.337. The van der Waals surface area contributed by atoms with E-state index in [-0.39, 0.29) is 18.2 Å². The Morgan fingerprint density at radius 2 is 1.80 bits per heavy atom. The zero-order chi connectivity index (χ0) is 24.8. The van der Waals surface area contributed by atoms with Crippen molar-refractivity contribution in [3.05, 3.63) is 87.9 Å². The third kappa shape index (κ3) is 6.32. The van der Waals surface area contributed by atoms with Gasteiger partial charge in [0.25, 0.3) is 0 Å². The molecule has 3 aromatic carbocycles. The minimum absolute atomic E-state index is 0.102. The predicted molar refractivity (Wildman–Crippen MR) is 136 cm³/mol. The molecule has 1 saturated heterocycles. The number of rotatable bonds is 8. The minimum atomic E-state index is -0.475. The number of anilines is 1. The average molecular weight is 512 g/mol. The van der Waals surface area contributed by atoms with Crippen molar-refractivity contribution in [2.75, 3.05) is 18.6 Å². The first-order chi connectivity index (χ1) is 16.9. The molecule has 2 amide bonds. The van der Waals surface area contributed by atoms with E-state index in [1.165, 1.54) is 6.21 Å². The Kier molecular flexibility index (Phi) is 7.90. The van der Waals surface area contributed by atoms with Gasteiger partial charge in [-0.3, -0.25) is 9.59 Å². The second-order valence-electron chi connectivity index (χ2n) is 7.93. The molecule has 0 radical (unpaired) electrons. The molecule has 1 N–H and O–H groups in total. The van der Waals surface area contributed by atoms with Crippen molar-refractivity contribution in [1.29, 1.82) is 0 Å². The van der Waals surface area contributed by atoms with Gasteiger partial charge in [-0.25, -0.2) is 5.43 Å². The summed E-state index contributed by atoms with van der Waals surface area (Å²) in [4.78, 5) is 26.5. The molecule has 7 nitrogen and oxygen atoms in total. The van der Waals surface area contributed by atoms with Crippen LogP contribution in [0.3, 0.4) is 0 Å². The van der Waals surface area contributed by atoms with Crippen molar-refractivity contribution >= 4 is 46.9 Å². The number of hydrazone groups is 1. The van der Waals surface area contributed by atoms with Crippen molar-refractivity contribution in [2.24, 2.45) is 11.0 Å². The van der Waals surface area contributed by atoms with E-state index in [2.05, 4.69) is 10.5 Å². The van der Waals surface area contributed by atoms with E-state index in [1.807, 2.05) is 18.2 Å². The van der Waals surface area contributed by atoms with E-state index < -0.39 is 5.92 Å². The highest BCUT2D eigenvalue weighted by Crippen LogP contribution is 2.27. The number of hydrogen-bond acceptors (Lipinski definition) is 5. The zero-order valence-corrected chi connectivity index (χ0v) is 20.4. The Hall–Kier alpha value is -3.55. The number of carbonyl (C=O) groups is 2. The smallest absolute Gasteiger partial charge is 0.245 e. The maximum absolute atomic E-state index is 12.5. The lowest BCUT2D eigenvalue weighted by molar-refractivity contribution is -0.126. The number of ether oxygens (including phenoxy) is 2. The molecule has 0 aromatic heterocycles. The number of carbonyl (C=O) groups excluding carboxylic acids is 2. The topological polar surface area (TPSA) is 80.2 Å². The number of halogens is 2. The van der Waals surface area contributed by atoms with Gasteiger partial charge in [0.2, 0.25) is 11.8 Å². The van der Waals surface area contributed by atoms with Crippen molar-refractivity contribution < 1.29 is 19.1 Å². The molecule has 35 heavy (non-hydrogen) atoms. The van der Waals surface area contributed by atoms with Crippen LogP contribution in [0, 0.1) is 5.92 Å². The molecule has 0 saturated carbocycles. The standard InChI is InChI=1S/C26H23Cl2N3O4/c1-34-22-10-6-21(7-11-22)31-15-19(12-25(31)32)26(33)30-29-14-17-2-8-23(9-3-17)35-16-18-4-5-20(27)13-24(18)28/h2-11,13-14,19H,12,15-16H2,1H3,(H,30,33)/b29-14+/t19-/m1/s1. The Labute approximate surface area is 213 Å². The second-order valence-corrected chi connectivity index (χ2v) is 8.77. The van der Waals surface area contributed by atoms with Crippen LogP contribution in [0.5, 0.6) is 11.5 Å². The van der Waals surface area contributed by atoms with Gasteiger partial charge >= 0.3 is 0 Å². The molecule has 1 aliphatic heterocycles. The van der Waals surface area contributed by atoms with Crippen LogP contribution in [0.25, 0.3) is 0 Å². The first-order valence-electron chi connectivity index (χ1n) is 10.9. The molecular formula is C26H23Cl2N3O4. The van der Waals surface area contributed by atoms with E-state index in [1.54, 1.807) is 60.5 Å². The Morgan fingerprint density at radius 1 is 1.09 bits per heavy atom. The van der Waals surface area contributed by atoms with Crippen molar-refractivity contribution in [3.63, 3.8) is 0 Å². The third-order valence-corrected chi connectivity index (χ3v) is 6.14. The fourth-order valence-electron chi connectivity index (χ4n) is 3.61. The number of nitrogens with zero attached hydrogens (tertiary/aromatic N) is 2. The molecule has 1 atom stereocenters.